The predicted octanol–water partition coefficient (Wildman–Crippen LogP) is 2.05. The van der Waals surface area contributed by atoms with E-state index in [1.54, 1.807) is 14.2 Å². The van der Waals surface area contributed by atoms with Crippen molar-refractivity contribution in [2.24, 2.45) is 4.99 Å². The predicted molar refractivity (Wildman–Crippen MR) is 105 cm³/mol. The van der Waals surface area contributed by atoms with Crippen molar-refractivity contribution < 1.29 is 18.9 Å². The van der Waals surface area contributed by atoms with Crippen molar-refractivity contribution in [1.82, 2.24) is 10.6 Å². The molecule has 1 aromatic rings. The first kappa shape index (κ1) is 19.8. The maximum absolute atomic E-state index is 5.63. The van der Waals surface area contributed by atoms with Gasteiger partial charge in [0.15, 0.2) is 17.5 Å². The zero-order valence-corrected chi connectivity index (χ0v) is 16.8. The van der Waals surface area contributed by atoms with Gasteiger partial charge >= 0.3 is 0 Å². The normalized spacial score (nSPS) is 19.0. The lowest BCUT2D eigenvalue weighted by Gasteiger charge is -2.38. The van der Waals surface area contributed by atoms with Crippen molar-refractivity contribution in [2.75, 3.05) is 47.3 Å². The van der Waals surface area contributed by atoms with E-state index in [2.05, 4.69) is 27.8 Å². The molecule has 0 aromatic heterocycles. The highest BCUT2D eigenvalue weighted by Crippen LogP contribution is 2.40. The molecule has 7 nitrogen and oxygen atoms in total. The van der Waals surface area contributed by atoms with Crippen molar-refractivity contribution in [3.05, 3.63) is 23.8 Å². The van der Waals surface area contributed by atoms with Crippen molar-refractivity contribution in [1.29, 1.82) is 0 Å². The second-order valence-electron chi connectivity index (χ2n) is 7.70. The van der Waals surface area contributed by atoms with Gasteiger partial charge in [-0.1, -0.05) is 6.07 Å². The molecule has 2 aliphatic heterocycles. The summed E-state index contributed by atoms with van der Waals surface area (Å²) in [6, 6.07) is 6.26. The summed E-state index contributed by atoms with van der Waals surface area (Å²) >= 11 is 0. The summed E-state index contributed by atoms with van der Waals surface area (Å²) in [7, 11) is 3.50. The van der Waals surface area contributed by atoms with Crippen LogP contribution < -0.4 is 20.1 Å². The Balaban J connectivity index is 1.71. The van der Waals surface area contributed by atoms with Gasteiger partial charge in [-0.2, -0.15) is 0 Å². The minimum atomic E-state index is -0.259. The van der Waals surface area contributed by atoms with Gasteiger partial charge < -0.3 is 29.6 Å². The molecule has 2 N–H and O–H groups in total. The molecule has 0 bridgehead atoms. The molecule has 2 aliphatic rings. The highest BCUT2D eigenvalue weighted by atomic mass is 16.7. The molecule has 1 saturated heterocycles. The average molecular weight is 377 g/mol. The molecule has 1 aromatic carbocycles. The van der Waals surface area contributed by atoms with E-state index in [1.807, 2.05) is 19.9 Å². The van der Waals surface area contributed by atoms with Crippen molar-refractivity contribution >= 4 is 5.96 Å². The van der Waals surface area contributed by atoms with Crippen LogP contribution in [0.25, 0.3) is 0 Å². The lowest BCUT2D eigenvalue weighted by Crippen LogP contribution is -2.50. The lowest BCUT2D eigenvalue weighted by molar-refractivity contribution is 0.0267. The number of nitrogens with one attached hydrogen (secondary N) is 2. The fourth-order valence-corrected chi connectivity index (χ4v) is 3.40. The molecule has 150 valence electrons. The number of aliphatic imine (C=N–C) groups is 1. The second-order valence-corrected chi connectivity index (χ2v) is 7.70. The van der Waals surface area contributed by atoms with Crippen LogP contribution in [0.3, 0.4) is 0 Å². The molecule has 0 aliphatic carbocycles. The molecule has 0 saturated carbocycles. The fourth-order valence-electron chi connectivity index (χ4n) is 3.40. The molecular formula is C20H31N3O4. The largest absolute Gasteiger partial charge is 0.454 e. The van der Waals surface area contributed by atoms with Gasteiger partial charge in [0.1, 0.15) is 0 Å². The molecule has 0 atom stereocenters. The summed E-state index contributed by atoms with van der Waals surface area (Å²) in [5.74, 6) is 2.41. The zero-order valence-electron chi connectivity index (χ0n) is 16.8. The monoisotopic (exact) mass is 377 g/mol. The Morgan fingerprint density at radius 2 is 1.93 bits per heavy atom. The molecule has 1 fully saturated rings. The minimum Gasteiger partial charge on any atom is -0.454 e. The van der Waals surface area contributed by atoms with E-state index < -0.39 is 0 Å². The molecule has 0 unspecified atom stereocenters. The van der Waals surface area contributed by atoms with Crippen LogP contribution in [0.5, 0.6) is 11.5 Å². The molecular weight excluding hydrogens is 346 g/mol. The van der Waals surface area contributed by atoms with Gasteiger partial charge in [-0.15, -0.1) is 0 Å². The Morgan fingerprint density at radius 1 is 1.19 bits per heavy atom. The van der Waals surface area contributed by atoms with Gasteiger partial charge in [-0.25, -0.2) is 0 Å². The molecule has 2 heterocycles. The molecule has 0 radical (unpaired) electrons. The Hall–Kier alpha value is -1.99. The van der Waals surface area contributed by atoms with Crippen LogP contribution in [-0.4, -0.2) is 58.8 Å². The number of guanidine groups is 1. The third kappa shape index (κ3) is 4.65. The van der Waals surface area contributed by atoms with Gasteiger partial charge in [0.05, 0.1) is 5.60 Å². The van der Waals surface area contributed by atoms with Crippen LogP contribution in [0.15, 0.2) is 23.2 Å². The van der Waals surface area contributed by atoms with Crippen LogP contribution in [0.2, 0.25) is 0 Å². The molecule has 0 amide bonds. The Labute approximate surface area is 161 Å². The summed E-state index contributed by atoms with van der Waals surface area (Å²) in [5.41, 5.74) is 0.953. The van der Waals surface area contributed by atoms with Gasteiger partial charge in [0.2, 0.25) is 6.79 Å². The van der Waals surface area contributed by atoms with Crippen LogP contribution >= 0.6 is 0 Å². The maximum Gasteiger partial charge on any atom is 0.231 e. The van der Waals surface area contributed by atoms with Crippen molar-refractivity contribution in [3.8, 4) is 11.5 Å². The standard InChI is InChI=1S/C20H31N3O4/c1-19(2,24-4)12-22-18(21-3)23-13-20(7-9-25-10-8-20)15-5-6-16-17(11-15)27-14-26-16/h5-6,11H,7-10,12-14H2,1-4H3,(H2,21,22,23). The Morgan fingerprint density at radius 3 is 2.63 bits per heavy atom. The summed E-state index contributed by atoms with van der Waals surface area (Å²) in [6.07, 6.45) is 1.89. The van der Waals surface area contributed by atoms with E-state index in [9.17, 15) is 0 Å². The van der Waals surface area contributed by atoms with Crippen molar-refractivity contribution in [3.63, 3.8) is 0 Å². The number of ether oxygens (including phenoxy) is 4. The third-order valence-corrected chi connectivity index (χ3v) is 5.49. The SMILES string of the molecule is CN=C(NCC(C)(C)OC)NCC1(c2ccc3c(c2)OCO3)CCOCC1. The number of hydrogen-bond donors (Lipinski definition) is 2. The van der Waals surface area contributed by atoms with Gasteiger partial charge in [-0.05, 0) is 44.4 Å². The summed E-state index contributed by atoms with van der Waals surface area (Å²) in [5, 5.41) is 6.85. The lowest BCUT2D eigenvalue weighted by atomic mass is 9.74. The molecule has 7 heteroatoms. The Bertz CT molecular complexity index is 669. The van der Waals surface area contributed by atoms with Crippen LogP contribution in [-0.2, 0) is 14.9 Å². The Kier molecular flexibility index (Phi) is 6.11. The van der Waals surface area contributed by atoms with Gasteiger partial charge in [-0.3, -0.25) is 4.99 Å². The molecule has 0 spiro atoms. The quantitative estimate of drug-likeness (QED) is 0.584. The molecule has 3 rings (SSSR count). The summed E-state index contributed by atoms with van der Waals surface area (Å²) in [4.78, 5) is 4.36. The topological polar surface area (TPSA) is 73.3 Å². The number of fused-ring (bicyclic) bond motifs is 1. The van der Waals surface area contributed by atoms with E-state index in [0.717, 1.165) is 50.1 Å². The zero-order chi connectivity index (χ0) is 19.3. The first-order valence-corrected chi connectivity index (χ1v) is 9.46. The van der Waals surface area contributed by atoms with Gasteiger partial charge in [0, 0.05) is 45.9 Å². The molecule has 27 heavy (non-hydrogen) atoms. The van der Waals surface area contributed by atoms with E-state index in [0.29, 0.717) is 13.3 Å². The van der Waals surface area contributed by atoms with E-state index in [4.69, 9.17) is 18.9 Å². The van der Waals surface area contributed by atoms with E-state index in [-0.39, 0.29) is 11.0 Å². The number of rotatable bonds is 6. The van der Waals surface area contributed by atoms with Gasteiger partial charge in [0.25, 0.3) is 0 Å². The van der Waals surface area contributed by atoms with Crippen LogP contribution in [0.4, 0.5) is 0 Å². The third-order valence-electron chi connectivity index (χ3n) is 5.49. The average Bonchev–Trinajstić information content (AvgIpc) is 3.16. The first-order chi connectivity index (χ1) is 13.0. The highest BCUT2D eigenvalue weighted by molar-refractivity contribution is 5.79. The maximum atomic E-state index is 5.63. The smallest absolute Gasteiger partial charge is 0.231 e. The summed E-state index contributed by atoms with van der Waals surface area (Å²) in [6.45, 7) is 7.31. The second kappa shape index (κ2) is 8.35. The summed E-state index contributed by atoms with van der Waals surface area (Å²) < 4.78 is 22.2. The fraction of sp³-hybridized carbons (Fsp3) is 0.650. The van der Waals surface area contributed by atoms with Crippen LogP contribution in [0.1, 0.15) is 32.3 Å². The highest BCUT2D eigenvalue weighted by Gasteiger charge is 2.36. The number of benzene rings is 1. The van der Waals surface area contributed by atoms with E-state index >= 15 is 0 Å². The van der Waals surface area contributed by atoms with E-state index in [1.165, 1.54) is 5.56 Å². The number of methoxy groups -OCH3 is 1. The number of hydrogen-bond acceptors (Lipinski definition) is 5. The van der Waals surface area contributed by atoms with Crippen LogP contribution in [0, 0.1) is 0 Å². The van der Waals surface area contributed by atoms with Crippen molar-refractivity contribution in [2.45, 2.75) is 37.7 Å². The number of nitrogens with zero attached hydrogens (tertiary/aromatic N) is 1. The first-order valence-electron chi connectivity index (χ1n) is 9.46. The minimum absolute atomic E-state index is 0.0341.